The fourth-order valence-corrected chi connectivity index (χ4v) is 8.24. The van der Waals surface area contributed by atoms with Crippen LogP contribution in [0.4, 0.5) is 13.6 Å². The molecule has 2 atom stereocenters. The molecular formula is C27H30Cl3F2N3O4S. The number of likely N-dealkylation sites (N-methyl/N-ethyl adjacent to an activating group) is 2. The molecule has 1 spiro atoms. The maximum Gasteiger partial charge on any atom is 0.407 e. The minimum absolute atomic E-state index is 0.145. The van der Waals surface area contributed by atoms with E-state index in [2.05, 4.69) is 4.90 Å². The van der Waals surface area contributed by atoms with Gasteiger partial charge < -0.3 is 19.5 Å². The molecule has 218 valence electrons. The summed E-state index contributed by atoms with van der Waals surface area (Å²) < 4.78 is 40.3. The molecule has 2 aliphatic heterocycles. The summed E-state index contributed by atoms with van der Waals surface area (Å²) in [6, 6.07) is 12.5. The van der Waals surface area contributed by atoms with Crippen molar-refractivity contribution in [1.29, 1.82) is 0 Å². The van der Waals surface area contributed by atoms with Crippen LogP contribution < -0.4 is 0 Å². The fraction of sp³-hybridized carbons (Fsp3) is 0.481. The smallest absolute Gasteiger partial charge is 0.407 e. The van der Waals surface area contributed by atoms with Crippen LogP contribution in [0.2, 0.25) is 10.0 Å². The number of hydrogen-bond donors (Lipinski definition) is 1. The van der Waals surface area contributed by atoms with E-state index in [-0.39, 0.29) is 16.5 Å². The van der Waals surface area contributed by atoms with Crippen LogP contribution in [-0.2, 0) is 32.0 Å². The van der Waals surface area contributed by atoms with Gasteiger partial charge in [0.1, 0.15) is 5.75 Å². The molecule has 0 bridgehead atoms. The van der Waals surface area contributed by atoms with Crippen molar-refractivity contribution < 1.29 is 28.0 Å². The van der Waals surface area contributed by atoms with Gasteiger partial charge in [-0.1, -0.05) is 53.5 Å². The molecule has 7 nitrogen and oxygen atoms in total. The van der Waals surface area contributed by atoms with Crippen molar-refractivity contribution in [3.05, 3.63) is 69.2 Å². The van der Waals surface area contributed by atoms with Crippen molar-refractivity contribution in [2.45, 2.75) is 40.7 Å². The molecule has 0 radical (unpaired) electrons. The number of fused-ring (bicyclic) bond motifs is 2. The Labute approximate surface area is 250 Å². The van der Waals surface area contributed by atoms with Gasteiger partial charge in [0.05, 0.1) is 15.6 Å². The quantitative estimate of drug-likeness (QED) is 0.295. The van der Waals surface area contributed by atoms with Crippen LogP contribution in [-0.4, -0.2) is 82.0 Å². The van der Waals surface area contributed by atoms with E-state index in [1.165, 1.54) is 19.2 Å². The van der Waals surface area contributed by atoms with Crippen LogP contribution in [0.3, 0.4) is 0 Å². The molecule has 2 heterocycles. The SMILES string of the molecule is CN(CC(CCN1CCC2(CC1)c1ccccc1C[S@+]2[O-])(c1ccc(Cl)c(Cl)c1)N(C)C(=O)O)C(=O)C(F)(F)Cl. The number of halogens is 5. The minimum Gasteiger partial charge on any atom is -0.615 e. The second-order valence-electron chi connectivity index (χ2n) is 10.4. The zero-order valence-electron chi connectivity index (χ0n) is 22.0. The average Bonchev–Trinajstić information content (AvgIpc) is 3.18. The maximum atomic E-state index is 13.8. The molecule has 2 amide bonds. The number of carbonyl (C=O) groups excluding carboxylic acids is 1. The summed E-state index contributed by atoms with van der Waals surface area (Å²) in [5.74, 6) is -1.12. The molecule has 13 heteroatoms. The molecule has 2 aliphatic rings. The Morgan fingerprint density at radius 3 is 2.38 bits per heavy atom. The summed E-state index contributed by atoms with van der Waals surface area (Å²) in [4.78, 5) is 28.6. The number of piperidine rings is 1. The van der Waals surface area contributed by atoms with E-state index in [0.29, 0.717) is 43.8 Å². The molecule has 2 aromatic rings. The van der Waals surface area contributed by atoms with Crippen LogP contribution >= 0.6 is 34.8 Å². The van der Waals surface area contributed by atoms with Crippen molar-refractivity contribution in [2.75, 3.05) is 40.3 Å². The number of benzene rings is 2. The zero-order valence-corrected chi connectivity index (χ0v) is 25.1. The monoisotopic (exact) mass is 635 g/mol. The van der Waals surface area contributed by atoms with Crippen molar-refractivity contribution in [3.63, 3.8) is 0 Å². The Morgan fingerprint density at radius 2 is 1.77 bits per heavy atom. The van der Waals surface area contributed by atoms with Crippen LogP contribution in [0, 0.1) is 0 Å². The van der Waals surface area contributed by atoms with Crippen molar-refractivity contribution in [2.24, 2.45) is 0 Å². The van der Waals surface area contributed by atoms with Gasteiger partial charge in [-0.25, -0.2) is 4.79 Å². The van der Waals surface area contributed by atoms with Crippen molar-refractivity contribution >= 4 is 58.0 Å². The molecule has 4 rings (SSSR count). The first-order chi connectivity index (χ1) is 18.7. The number of amides is 2. The number of carboxylic acid groups (broad SMARTS) is 1. The van der Waals surface area contributed by atoms with Crippen LogP contribution in [0.15, 0.2) is 42.5 Å². The van der Waals surface area contributed by atoms with Gasteiger partial charge in [0.2, 0.25) is 0 Å². The average molecular weight is 637 g/mol. The van der Waals surface area contributed by atoms with Gasteiger partial charge in [-0.05, 0) is 46.9 Å². The van der Waals surface area contributed by atoms with Crippen LogP contribution in [0.1, 0.15) is 36.0 Å². The molecule has 1 N–H and O–H groups in total. The maximum absolute atomic E-state index is 13.8. The van der Waals surface area contributed by atoms with E-state index in [1.807, 2.05) is 24.3 Å². The third kappa shape index (κ3) is 5.89. The van der Waals surface area contributed by atoms with Gasteiger partial charge in [-0.3, -0.25) is 9.69 Å². The Bertz CT molecular complexity index is 1280. The molecule has 40 heavy (non-hydrogen) atoms. The number of likely N-dealkylation sites (tertiary alicyclic amines) is 1. The van der Waals surface area contributed by atoms with Gasteiger partial charge in [0.25, 0.3) is 0 Å². The van der Waals surface area contributed by atoms with Gasteiger partial charge in [-0.2, -0.15) is 8.78 Å². The lowest BCUT2D eigenvalue weighted by Gasteiger charge is -2.45. The Balaban J connectivity index is 1.62. The highest BCUT2D eigenvalue weighted by atomic mass is 35.5. The zero-order chi connectivity index (χ0) is 29.5. The second-order valence-corrected chi connectivity index (χ2v) is 13.4. The third-order valence-corrected chi connectivity index (χ3v) is 11.2. The van der Waals surface area contributed by atoms with Crippen molar-refractivity contribution in [3.8, 4) is 0 Å². The highest BCUT2D eigenvalue weighted by Gasteiger charge is 2.52. The normalized spacial score (nSPS) is 20.1. The number of carbonyl (C=O) groups is 2. The lowest BCUT2D eigenvalue weighted by molar-refractivity contribution is -0.147. The molecule has 0 aliphatic carbocycles. The summed E-state index contributed by atoms with van der Waals surface area (Å²) >= 11 is 16.4. The first-order valence-corrected chi connectivity index (χ1v) is 15.1. The largest absolute Gasteiger partial charge is 0.615 e. The van der Waals surface area contributed by atoms with E-state index < -0.39 is 45.4 Å². The summed E-state index contributed by atoms with van der Waals surface area (Å²) in [5, 5.41) is 6.29. The minimum atomic E-state index is -4.16. The standard InChI is InChI=1S/C27H30Cl3F2N3O4S/c1-33(23(36)27(30,31)32)17-25(34(2)24(37)38,19-7-8-21(28)22(29)15-19)9-12-35-13-10-26(11-14-35)20-6-4-3-5-18(20)16-40(26)39/h3-8,15H,9-14,16-17H2,1-2H3,(H,37,38)/t25?,40-/m0/s1. The van der Waals surface area contributed by atoms with E-state index in [0.717, 1.165) is 28.0 Å². The number of alkyl halides is 3. The van der Waals surface area contributed by atoms with Gasteiger partial charge in [0.15, 0.2) is 4.75 Å². The summed E-state index contributed by atoms with van der Waals surface area (Å²) in [6.07, 6.45) is 0.163. The van der Waals surface area contributed by atoms with Gasteiger partial charge >= 0.3 is 17.4 Å². The molecule has 0 saturated carbocycles. The first kappa shape index (κ1) is 31.1. The van der Waals surface area contributed by atoms with E-state index >= 15 is 0 Å². The topological polar surface area (TPSA) is 87.2 Å². The van der Waals surface area contributed by atoms with E-state index in [1.54, 1.807) is 6.07 Å². The molecule has 0 aromatic heterocycles. The molecule has 1 fully saturated rings. The lowest BCUT2D eigenvalue weighted by atomic mass is 9.83. The Morgan fingerprint density at radius 1 is 1.12 bits per heavy atom. The molecular weight excluding hydrogens is 607 g/mol. The Hall–Kier alpha value is -1.82. The Kier molecular flexibility index (Phi) is 9.19. The predicted molar refractivity (Wildman–Crippen MR) is 153 cm³/mol. The summed E-state index contributed by atoms with van der Waals surface area (Å²) in [5.41, 5.74) is 1.17. The van der Waals surface area contributed by atoms with E-state index in [9.17, 15) is 28.0 Å². The van der Waals surface area contributed by atoms with Crippen molar-refractivity contribution in [1.82, 2.24) is 14.7 Å². The van der Waals surface area contributed by atoms with E-state index in [4.69, 9.17) is 34.8 Å². The first-order valence-electron chi connectivity index (χ1n) is 12.6. The number of rotatable bonds is 8. The molecule has 1 unspecified atom stereocenters. The number of hydrogen-bond acceptors (Lipinski definition) is 4. The fourth-order valence-electron chi connectivity index (χ4n) is 5.90. The van der Waals surface area contributed by atoms with Gasteiger partial charge in [0, 0.05) is 64.2 Å². The predicted octanol–water partition coefficient (Wildman–Crippen LogP) is 5.73. The van der Waals surface area contributed by atoms with Gasteiger partial charge in [-0.15, -0.1) is 0 Å². The molecule has 2 aromatic carbocycles. The third-order valence-electron chi connectivity index (χ3n) is 8.21. The number of nitrogens with zero attached hydrogens (tertiary/aromatic N) is 3. The second kappa shape index (κ2) is 11.8. The van der Waals surface area contributed by atoms with Crippen LogP contribution in [0.5, 0.6) is 0 Å². The highest BCUT2D eigenvalue weighted by Crippen LogP contribution is 2.49. The highest BCUT2D eigenvalue weighted by molar-refractivity contribution is 7.92. The summed E-state index contributed by atoms with van der Waals surface area (Å²) in [7, 11) is 2.48. The lowest BCUT2D eigenvalue weighted by Crippen LogP contribution is -2.57. The summed E-state index contributed by atoms with van der Waals surface area (Å²) in [6.45, 7) is 1.19. The molecule has 1 saturated heterocycles. The van der Waals surface area contributed by atoms with Crippen LogP contribution in [0.25, 0.3) is 0 Å².